The molecule has 0 unspecified atom stereocenters. The Morgan fingerprint density at radius 2 is 1.83 bits per heavy atom. The summed E-state index contributed by atoms with van der Waals surface area (Å²) in [5, 5.41) is 2.42. The molecule has 2 fully saturated rings. The zero-order chi connectivity index (χ0) is 26.3. The molecule has 194 valence electrons. The van der Waals surface area contributed by atoms with Crippen LogP contribution >= 0.6 is 11.8 Å². The molecular formula is C25H35BN4O5S. The number of carbonyl (C=O) groups excluding carboxylic acids is 2. The minimum atomic E-state index is -0.671. The van der Waals surface area contributed by atoms with Crippen molar-refractivity contribution in [3.63, 3.8) is 0 Å². The number of nitrogens with zero attached hydrogens (tertiary/aromatic N) is 2. The van der Waals surface area contributed by atoms with Crippen molar-refractivity contribution in [3.8, 4) is 11.3 Å². The zero-order valence-electron chi connectivity index (χ0n) is 22.0. The Morgan fingerprint density at radius 3 is 2.42 bits per heavy atom. The van der Waals surface area contributed by atoms with Gasteiger partial charge in [-0.05, 0) is 44.6 Å². The van der Waals surface area contributed by atoms with E-state index < -0.39 is 30.5 Å². The largest absolute Gasteiger partial charge is 0.494 e. The second-order valence-electron chi connectivity index (χ2n) is 10.5. The maximum atomic E-state index is 13.3. The molecule has 2 aromatic rings. The van der Waals surface area contributed by atoms with Crippen LogP contribution in [0.15, 0.2) is 30.5 Å². The van der Waals surface area contributed by atoms with Crippen LogP contribution in [0.4, 0.5) is 4.79 Å². The Kier molecular flexibility index (Phi) is 7.46. The predicted octanol–water partition coefficient (Wildman–Crippen LogP) is 3.33. The molecule has 0 aliphatic carbocycles. The third-order valence-corrected chi connectivity index (χ3v) is 8.35. The fourth-order valence-corrected chi connectivity index (χ4v) is 5.40. The normalized spacial score (nSPS) is 21.6. The van der Waals surface area contributed by atoms with Gasteiger partial charge in [-0.2, -0.15) is 0 Å². The molecule has 1 aromatic carbocycles. The summed E-state index contributed by atoms with van der Waals surface area (Å²) >= 11 is 1.65. The standard InChI is InChI=1S/C25H35BN4O5S/c1-15(2)19(29-23(32)33-7)21(31)30-12-13-36-22(30)20-27-14-18(28-20)16-8-10-17(11-9-16)26-34-24(3,4)25(5,6)35-26/h8-11,14-15,19,22H,12-13H2,1-7H3,(H,27,28)(H,29,32)/t19-,22-/m0/s1. The molecule has 2 aliphatic heterocycles. The maximum absolute atomic E-state index is 13.3. The topological polar surface area (TPSA) is 106 Å². The molecule has 0 spiro atoms. The molecule has 2 saturated heterocycles. The van der Waals surface area contributed by atoms with Crippen molar-refractivity contribution in [3.05, 3.63) is 36.3 Å². The molecule has 11 heteroatoms. The summed E-state index contributed by atoms with van der Waals surface area (Å²) in [7, 11) is 0.876. The summed E-state index contributed by atoms with van der Waals surface area (Å²) in [6, 6.07) is 7.36. The second-order valence-corrected chi connectivity index (χ2v) is 11.7. The highest BCUT2D eigenvalue weighted by molar-refractivity contribution is 7.99. The van der Waals surface area contributed by atoms with Crippen LogP contribution in [0.5, 0.6) is 0 Å². The second kappa shape index (κ2) is 10.1. The van der Waals surface area contributed by atoms with E-state index in [1.807, 2.05) is 65.8 Å². The van der Waals surface area contributed by atoms with Gasteiger partial charge in [-0.15, -0.1) is 11.8 Å². The minimum absolute atomic E-state index is 0.0856. The van der Waals surface area contributed by atoms with Crippen molar-refractivity contribution in [1.29, 1.82) is 0 Å². The Labute approximate surface area is 217 Å². The predicted molar refractivity (Wildman–Crippen MR) is 141 cm³/mol. The Bertz CT molecular complexity index is 1090. The number of alkyl carbamates (subject to hydrolysis) is 1. The average Bonchev–Trinajstić information content (AvgIpc) is 3.54. The molecule has 0 bridgehead atoms. The molecule has 0 radical (unpaired) electrons. The summed E-state index contributed by atoms with van der Waals surface area (Å²) < 4.78 is 17.0. The number of thioether (sulfide) groups is 1. The molecule has 36 heavy (non-hydrogen) atoms. The molecule has 2 aliphatic rings. The van der Waals surface area contributed by atoms with Crippen molar-refractivity contribution in [2.45, 2.75) is 64.2 Å². The lowest BCUT2D eigenvalue weighted by atomic mass is 9.79. The Balaban J connectivity index is 1.48. The number of nitrogens with one attached hydrogen (secondary N) is 2. The van der Waals surface area contributed by atoms with Crippen LogP contribution in [0.1, 0.15) is 52.7 Å². The van der Waals surface area contributed by atoms with E-state index in [2.05, 4.69) is 15.3 Å². The van der Waals surface area contributed by atoms with E-state index in [0.717, 1.165) is 22.5 Å². The number of hydrogen-bond donors (Lipinski definition) is 2. The lowest BCUT2D eigenvalue weighted by Gasteiger charge is -2.32. The third kappa shape index (κ3) is 5.14. The number of methoxy groups -OCH3 is 1. The molecule has 4 rings (SSSR count). The summed E-state index contributed by atoms with van der Waals surface area (Å²) in [5.74, 6) is 1.27. The van der Waals surface area contributed by atoms with Gasteiger partial charge in [-0.25, -0.2) is 9.78 Å². The number of aromatic amines is 1. The van der Waals surface area contributed by atoms with Crippen LogP contribution in [-0.4, -0.2) is 70.6 Å². The first-order valence-corrected chi connectivity index (χ1v) is 13.3. The lowest BCUT2D eigenvalue weighted by molar-refractivity contribution is -0.134. The molecule has 2 amide bonds. The highest BCUT2D eigenvalue weighted by Crippen LogP contribution is 2.38. The van der Waals surface area contributed by atoms with E-state index in [9.17, 15) is 9.59 Å². The van der Waals surface area contributed by atoms with Crippen LogP contribution in [0, 0.1) is 5.92 Å². The van der Waals surface area contributed by atoms with Crippen LogP contribution < -0.4 is 10.8 Å². The first-order chi connectivity index (χ1) is 16.9. The Hall–Kier alpha value is -2.50. The highest BCUT2D eigenvalue weighted by atomic mass is 32.2. The highest BCUT2D eigenvalue weighted by Gasteiger charge is 2.51. The van der Waals surface area contributed by atoms with Gasteiger partial charge in [0.2, 0.25) is 5.91 Å². The number of aromatic nitrogens is 2. The molecule has 3 heterocycles. The van der Waals surface area contributed by atoms with Gasteiger partial charge in [0, 0.05) is 12.3 Å². The minimum Gasteiger partial charge on any atom is -0.453 e. The number of imidazole rings is 1. The van der Waals surface area contributed by atoms with Crippen LogP contribution in [0.2, 0.25) is 0 Å². The molecule has 0 saturated carbocycles. The Morgan fingerprint density at radius 1 is 1.19 bits per heavy atom. The fraction of sp³-hybridized carbons (Fsp3) is 0.560. The molecule has 2 N–H and O–H groups in total. The van der Waals surface area contributed by atoms with Gasteiger partial charge in [-0.1, -0.05) is 38.1 Å². The molecule has 2 atom stereocenters. The average molecular weight is 514 g/mol. The fourth-order valence-electron chi connectivity index (χ4n) is 4.21. The zero-order valence-corrected chi connectivity index (χ0v) is 22.8. The van der Waals surface area contributed by atoms with E-state index in [1.54, 1.807) is 22.9 Å². The van der Waals surface area contributed by atoms with E-state index in [0.29, 0.717) is 12.4 Å². The van der Waals surface area contributed by atoms with Gasteiger partial charge >= 0.3 is 13.2 Å². The van der Waals surface area contributed by atoms with E-state index in [1.165, 1.54) is 7.11 Å². The van der Waals surface area contributed by atoms with Gasteiger partial charge in [0.1, 0.15) is 17.2 Å². The van der Waals surface area contributed by atoms with E-state index in [4.69, 9.17) is 14.0 Å². The first-order valence-electron chi connectivity index (χ1n) is 12.2. The summed E-state index contributed by atoms with van der Waals surface area (Å²) in [6.07, 6.45) is 1.17. The van der Waals surface area contributed by atoms with Crippen molar-refractivity contribution >= 4 is 36.3 Å². The SMILES string of the molecule is COC(=O)N[C@H](C(=O)N1CCS[C@H]1c1ncc(-c2ccc(B3OC(C)(C)C(C)(C)O3)cc2)[nH]1)C(C)C. The number of benzene rings is 1. The smallest absolute Gasteiger partial charge is 0.453 e. The van der Waals surface area contributed by atoms with Gasteiger partial charge in [0.05, 0.1) is 30.2 Å². The summed E-state index contributed by atoms with van der Waals surface area (Å²) in [4.78, 5) is 34.9. The van der Waals surface area contributed by atoms with Gasteiger partial charge in [0.25, 0.3) is 0 Å². The summed E-state index contributed by atoms with van der Waals surface area (Å²) in [6.45, 7) is 12.5. The number of H-pyrrole nitrogens is 1. The summed E-state index contributed by atoms with van der Waals surface area (Å²) in [5.41, 5.74) is 2.01. The number of amides is 2. The molecule has 9 nitrogen and oxygen atoms in total. The van der Waals surface area contributed by atoms with Crippen molar-refractivity contribution < 1.29 is 23.6 Å². The van der Waals surface area contributed by atoms with E-state index in [-0.39, 0.29) is 17.2 Å². The maximum Gasteiger partial charge on any atom is 0.494 e. The monoisotopic (exact) mass is 514 g/mol. The van der Waals surface area contributed by atoms with Gasteiger partial charge < -0.3 is 29.2 Å². The molecular weight excluding hydrogens is 479 g/mol. The number of ether oxygens (including phenoxy) is 1. The first kappa shape index (κ1) is 26.6. The lowest BCUT2D eigenvalue weighted by Crippen LogP contribution is -2.51. The number of hydrogen-bond acceptors (Lipinski definition) is 7. The quantitative estimate of drug-likeness (QED) is 0.570. The van der Waals surface area contributed by atoms with Crippen molar-refractivity contribution in [2.24, 2.45) is 5.92 Å². The van der Waals surface area contributed by atoms with Crippen LogP contribution in [0.25, 0.3) is 11.3 Å². The van der Waals surface area contributed by atoms with Gasteiger partial charge in [-0.3, -0.25) is 4.79 Å². The number of carbonyl (C=O) groups is 2. The van der Waals surface area contributed by atoms with Crippen molar-refractivity contribution in [1.82, 2.24) is 20.2 Å². The molecule has 1 aromatic heterocycles. The third-order valence-electron chi connectivity index (χ3n) is 7.14. The van der Waals surface area contributed by atoms with Crippen molar-refractivity contribution in [2.75, 3.05) is 19.4 Å². The van der Waals surface area contributed by atoms with Crippen LogP contribution in [0.3, 0.4) is 0 Å². The van der Waals surface area contributed by atoms with Crippen LogP contribution in [-0.2, 0) is 18.8 Å². The number of rotatable bonds is 6. The van der Waals surface area contributed by atoms with Gasteiger partial charge in [0.15, 0.2) is 0 Å². The van der Waals surface area contributed by atoms with E-state index >= 15 is 0 Å².